The first-order chi connectivity index (χ1) is 7.63. The summed E-state index contributed by atoms with van der Waals surface area (Å²) in [5, 5.41) is 8.88. The molecule has 0 fully saturated rings. The SMILES string of the molecule is C#C[C@]1(CCC)C=C(C#N)C(=O)C=C1CI. The van der Waals surface area contributed by atoms with E-state index in [0.717, 1.165) is 18.4 Å². The first-order valence-corrected chi connectivity index (χ1v) is 6.58. The maximum atomic E-state index is 11.6. The molecule has 0 saturated heterocycles. The summed E-state index contributed by atoms with van der Waals surface area (Å²) in [7, 11) is 0. The summed E-state index contributed by atoms with van der Waals surface area (Å²) in [4.78, 5) is 11.6. The van der Waals surface area contributed by atoms with Gasteiger partial charge in [-0.15, -0.1) is 6.42 Å². The molecule has 0 radical (unpaired) electrons. The average Bonchev–Trinajstić information content (AvgIpc) is 2.31. The van der Waals surface area contributed by atoms with Gasteiger partial charge in [0.05, 0.1) is 11.0 Å². The lowest BCUT2D eigenvalue weighted by Gasteiger charge is -2.29. The van der Waals surface area contributed by atoms with Crippen molar-refractivity contribution in [2.24, 2.45) is 5.41 Å². The van der Waals surface area contributed by atoms with Crippen molar-refractivity contribution >= 4 is 28.4 Å². The third-order valence-corrected chi connectivity index (χ3v) is 3.52. The molecule has 1 rings (SSSR count). The fraction of sp³-hybridized carbons (Fsp3) is 0.385. The van der Waals surface area contributed by atoms with Crippen molar-refractivity contribution in [3.8, 4) is 18.4 Å². The molecule has 0 unspecified atom stereocenters. The maximum Gasteiger partial charge on any atom is 0.196 e. The van der Waals surface area contributed by atoms with Gasteiger partial charge in [0.15, 0.2) is 5.78 Å². The van der Waals surface area contributed by atoms with Crippen molar-refractivity contribution in [1.29, 1.82) is 5.26 Å². The molecule has 0 aromatic carbocycles. The minimum absolute atomic E-state index is 0.167. The Balaban J connectivity index is 3.29. The molecule has 3 heteroatoms. The number of allylic oxidation sites excluding steroid dienone is 4. The number of rotatable bonds is 3. The van der Waals surface area contributed by atoms with E-state index in [1.54, 1.807) is 6.08 Å². The van der Waals surface area contributed by atoms with Gasteiger partial charge >= 0.3 is 0 Å². The number of nitriles is 1. The van der Waals surface area contributed by atoms with Gasteiger partial charge in [-0.2, -0.15) is 5.26 Å². The predicted molar refractivity (Wildman–Crippen MR) is 71.8 cm³/mol. The van der Waals surface area contributed by atoms with Crippen LogP contribution in [0.15, 0.2) is 23.3 Å². The number of nitrogens with zero attached hydrogens (tertiary/aromatic N) is 1. The van der Waals surface area contributed by atoms with Crippen molar-refractivity contribution in [3.05, 3.63) is 23.3 Å². The van der Waals surface area contributed by atoms with Crippen molar-refractivity contribution < 1.29 is 4.79 Å². The number of carbonyl (C=O) groups is 1. The zero-order chi connectivity index (χ0) is 12.2. The summed E-state index contributed by atoms with van der Waals surface area (Å²) >= 11 is 2.20. The number of alkyl halides is 1. The Bertz CT molecular complexity index is 448. The summed E-state index contributed by atoms with van der Waals surface area (Å²) in [5.41, 5.74) is 0.566. The number of ketones is 1. The van der Waals surface area contributed by atoms with E-state index < -0.39 is 5.41 Å². The number of halogens is 1. The van der Waals surface area contributed by atoms with Gasteiger partial charge in [-0.25, -0.2) is 0 Å². The lowest BCUT2D eigenvalue weighted by Crippen LogP contribution is -2.25. The molecule has 0 aromatic rings. The molecule has 0 bridgehead atoms. The van der Waals surface area contributed by atoms with Crippen LogP contribution in [0.1, 0.15) is 19.8 Å². The fourth-order valence-electron chi connectivity index (χ4n) is 1.85. The first-order valence-electron chi connectivity index (χ1n) is 5.05. The third-order valence-electron chi connectivity index (χ3n) is 2.70. The van der Waals surface area contributed by atoms with Crippen LogP contribution in [-0.2, 0) is 4.79 Å². The largest absolute Gasteiger partial charge is 0.288 e. The van der Waals surface area contributed by atoms with Crippen LogP contribution in [0.2, 0.25) is 0 Å². The molecule has 0 amide bonds. The van der Waals surface area contributed by atoms with Crippen LogP contribution in [0.3, 0.4) is 0 Å². The topological polar surface area (TPSA) is 40.9 Å². The van der Waals surface area contributed by atoms with Gasteiger partial charge < -0.3 is 0 Å². The standard InChI is InChI=1S/C13H12INO/c1-3-5-13(4-2)7-10(9-15)12(16)6-11(13)8-14/h2,6-7H,3,5,8H2,1H3/t13-/m0/s1. The summed E-state index contributed by atoms with van der Waals surface area (Å²) in [6, 6.07) is 1.91. The number of hydrogen-bond acceptors (Lipinski definition) is 2. The van der Waals surface area contributed by atoms with Gasteiger partial charge in [0.2, 0.25) is 0 Å². The first kappa shape index (κ1) is 13.0. The van der Waals surface area contributed by atoms with Gasteiger partial charge in [0, 0.05) is 4.43 Å². The van der Waals surface area contributed by atoms with Crippen LogP contribution in [0.4, 0.5) is 0 Å². The number of carbonyl (C=O) groups excluding carboxylic acids is 1. The zero-order valence-corrected chi connectivity index (χ0v) is 11.2. The summed E-state index contributed by atoms with van der Waals surface area (Å²) in [6.45, 7) is 2.04. The van der Waals surface area contributed by atoms with E-state index in [4.69, 9.17) is 11.7 Å². The molecule has 1 aliphatic rings. The second-order valence-corrected chi connectivity index (χ2v) is 4.47. The second kappa shape index (κ2) is 5.32. The predicted octanol–water partition coefficient (Wildman–Crippen LogP) is 2.80. The smallest absolute Gasteiger partial charge is 0.196 e. The molecule has 82 valence electrons. The molecule has 1 aliphatic carbocycles. The van der Waals surface area contributed by atoms with E-state index in [0.29, 0.717) is 4.43 Å². The molecule has 0 aliphatic heterocycles. The number of terminal acetylenes is 1. The Hall–Kier alpha value is -1.07. The molecule has 0 spiro atoms. The lowest BCUT2D eigenvalue weighted by atomic mass is 9.73. The van der Waals surface area contributed by atoms with Crippen LogP contribution in [0.5, 0.6) is 0 Å². The Kier molecular flexibility index (Phi) is 4.32. The van der Waals surface area contributed by atoms with Gasteiger partial charge in [0.25, 0.3) is 0 Å². The van der Waals surface area contributed by atoms with E-state index in [2.05, 4.69) is 28.5 Å². The highest BCUT2D eigenvalue weighted by Crippen LogP contribution is 2.38. The zero-order valence-electron chi connectivity index (χ0n) is 9.09. The highest BCUT2D eigenvalue weighted by molar-refractivity contribution is 14.1. The molecule has 0 saturated carbocycles. The molecule has 2 nitrogen and oxygen atoms in total. The van der Waals surface area contributed by atoms with E-state index in [9.17, 15) is 4.79 Å². The van der Waals surface area contributed by atoms with Crippen molar-refractivity contribution in [1.82, 2.24) is 0 Å². The average molecular weight is 325 g/mol. The third kappa shape index (κ3) is 2.20. The van der Waals surface area contributed by atoms with E-state index in [1.165, 1.54) is 6.08 Å². The highest BCUT2D eigenvalue weighted by Gasteiger charge is 2.34. The van der Waals surface area contributed by atoms with Crippen LogP contribution in [0, 0.1) is 29.1 Å². The van der Waals surface area contributed by atoms with E-state index >= 15 is 0 Å². The fourth-order valence-corrected chi connectivity index (χ4v) is 2.75. The molecule has 1 atom stereocenters. The lowest BCUT2D eigenvalue weighted by molar-refractivity contribution is -0.111. The molecule has 16 heavy (non-hydrogen) atoms. The van der Waals surface area contributed by atoms with Gasteiger partial charge in [-0.1, -0.05) is 41.9 Å². The monoisotopic (exact) mass is 325 g/mol. The minimum atomic E-state index is -0.533. The van der Waals surface area contributed by atoms with Gasteiger partial charge in [-0.05, 0) is 24.1 Å². The summed E-state index contributed by atoms with van der Waals surface area (Å²) < 4.78 is 0.711. The molecular weight excluding hydrogens is 313 g/mol. The van der Waals surface area contributed by atoms with Crippen LogP contribution in [0.25, 0.3) is 0 Å². The summed E-state index contributed by atoms with van der Waals surface area (Å²) in [6.07, 6.45) is 10.5. The van der Waals surface area contributed by atoms with Crippen molar-refractivity contribution in [2.75, 3.05) is 4.43 Å². The highest BCUT2D eigenvalue weighted by atomic mass is 127. The van der Waals surface area contributed by atoms with Crippen LogP contribution >= 0.6 is 22.6 Å². The van der Waals surface area contributed by atoms with Crippen LogP contribution < -0.4 is 0 Å². The quantitative estimate of drug-likeness (QED) is 0.455. The van der Waals surface area contributed by atoms with Crippen molar-refractivity contribution in [2.45, 2.75) is 19.8 Å². The molecule has 0 aromatic heterocycles. The Labute approximate surface area is 110 Å². The minimum Gasteiger partial charge on any atom is -0.288 e. The Morgan fingerprint density at radius 1 is 1.62 bits per heavy atom. The molecule has 0 N–H and O–H groups in total. The van der Waals surface area contributed by atoms with Gasteiger partial charge in [0.1, 0.15) is 6.07 Å². The summed E-state index contributed by atoms with van der Waals surface area (Å²) in [5.74, 6) is 2.53. The maximum absolute atomic E-state index is 11.6. The Morgan fingerprint density at radius 2 is 2.31 bits per heavy atom. The van der Waals surface area contributed by atoms with Crippen molar-refractivity contribution in [3.63, 3.8) is 0 Å². The van der Waals surface area contributed by atoms with E-state index in [-0.39, 0.29) is 11.4 Å². The normalized spacial score (nSPS) is 24.1. The molecule has 0 heterocycles. The van der Waals surface area contributed by atoms with Crippen LogP contribution in [-0.4, -0.2) is 10.2 Å². The Morgan fingerprint density at radius 3 is 2.75 bits per heavy atom. The number of hydrogen-bond donors (Lipinski definition) is 0. The second-order valence-electron chi connectivity index (χ2n) is 3.70. The van der Waals surface area contributed by atoms with Gasteiger partial charge in [-0.3, -0.25) is 4.79 Å². The molecular formula is C13H12INO. The van der Waals surface area contributed by atoms with E-state index in [1.807, 2.05) is 13.0 Å².